The Morgan fingerprint density at radius 3 is 1.77 bits per heavy atom. The van der Waals surface area contributed by atoms with Gasteiger partial charge in [-0.2, -0.15) is 0 Å². The summed E-state index contributed by atoms with van der Waals surface area (Å²) in [6.07, 6.45) is 0. The van der Waals surface area contributed by atoms with Crippen LogP contribution in [0.4, 0.5) is 11.4 Å². The molecule has 1 aliphatic carbocycles. The van der Waals surface area contributed by atoms with E-state index < -0.39 is 0 Å². The van der Waals surface area contributed by atoms with Crippen molar-refractivity contribution in [2.24, 2.45) is 0 Å². The largest absolute Gasteiger partial charge is 0.355 e. The highest BCUT2D eigenvalue weighted by molar-refractivity contribution is 7.99. The molecule has 0 bridgehead atoms. The highest BCUT2D eigenvalue weighted by Gasteiger charge is 2.49. The van der Waals surface area contributed by atoms with E-state index in [1.54, 1.807) is 0 Å². The molecule has 184 valence electrons. The van der Waals surface area contributed by atoms with Gasteiger partial charge in [0.1, 0.15) is 0 Å². The highest BCUT2D eigenvalue weighted by Crippen LogP contribution is 2.62. The lowest BCUT2D eigenvalue weighted by atomic mass is 9.67. The van der Waals surface area contributed by atoms with Crippen molar-refractivity contribution >= 4 is 23.1 Å². The van der Waals surface area contributed by atoms with E-state index in [0.29, 0.717) is 0 Å². The van der Waals surface area contributed by atoms with Crippen molar-refractivity contribution in [3.63, 3.8) is 0 Å². The average Bonchev–Trinajstić information content (AvgIpc) is 3.29. The molecule has 0 aromatic heterocycles. The van der Waals surface area contributed by atoms with E-state index in [0.717, 1.165) is 11.4 Å². The van der Waals surface area contributed by atoms with Gasteiger partial charge in [-0.1, -0.05) is 127 Å². The zero-order valence-electron chi connectivity index (χ0n) is 21.3. The SMILES string of the molecule is c1ccc(-c2cccc(Nc3ccc4c(c3)Sc3ccccc3C43c4ccccc4-c4ccccc43)c2)cc1. The molecule has 8 rings (SSSR count). The van der Waals surface area contributed by atoms with E-state index >= 15 is 0 Å². The number of nitrogens with one attached hydrogen (secondary N) is 1. The number of fused-ring (bicyclic) bond motifs is 9. The minimum atomic E-state index is -0.323. The number of hydrogen-bond donors (Lipinski definition) is 1. The quantitative estimate of drug-likeness (QED) is 0.251. The maximum Gasteiger partial charge on any atom is 0.0735 e. The van der Waals surface area contributed by atoms with Crippen LogP contribution >= 0.6 is 11.8 Å². The Morgan fingerprint density at radius 2 is 1.00 bits per heavy atom. The van der Waals surface area contributed by atoms with Gasteiger partial charge >= 0.3 is 0 Å². The van der Waals surface area contributed by atoms with Crippen molar-refractivity contribution in [1.82, 2.24) is 0 Å². The summed E-state index contributed by atoms with van der Waals surface area (Å²) < 4.78 is 0. The second kappa shape index (κ2) is 8.76. The van der Waals surface area contributed by atoms with Crippen LogP contribution in [0.15, 0.2) is 155 Å². The lowest BCUT2D eigenvalue weighted by Gasteiger charge is -2.39. The molecule has 6 aromatic rings. The van der Waals surface area contributed by atoms with Crippen LogP contribution in [0.1, 0.15) is 22.3 Å². The van der Waals surface area contributed by atoms with Crippen molar-refractivity contribution in [3.8, 4) is 22.3 Å². The topological polar surface area (TPSA) is 12.0 Å². The van der Waals surface area contributed by atoms with E-state index in [9.17, 15) is 0 Å². The molecule has 1 nitrogen and oxygen atoms in total. The zero-order chi connectivity index (χ0) is 25.8. The molecular weight excluding hydrogens is 490 g/mol. The maximum absolute atomic E-state index is 3.69. The van der Waals surface area contributed by atoms with Gasteiger partial charge in [0.15, 0.2) is 0 Å². The van der Waals surface area contributed by atoms with E-state index in [4.69, 9.17) is 0 Å². The van der Waals surface area contributed by atoms with Crippen LogP contribution in [-0.2, 0) is 5.41 Å². The van der Waals surface area contributed by atoms with Gasteiger partial charge < -0.3 is 5.32 Å². The third-order valence-corrected chi connectivity index (χ3v) is 9.24. The molecule has 0 saturated carbocycles. The third kappa shape index (κ3) is 3.35. The smallest absolute Gasteiger partial charge is 0.0735 e. The molecule has 0 atom stereocenters. The first-order valence-electron chi connectivity index (χ1n) is 13.4. The van der Waals surface area contributed by atoms with Gasteiger partial charge in [-0.05, 0) is 74.8 Å². The summed E-state index contributed by atoms with van der Waals surface area (Å²) in [5.74, 6) is 0. The van der Waals surface area contributed by atoms with Crippen LogP contribution in [0.2, 0.25) is 0 Å². The summed E-state index contributed by atoms with van der Waals surface area (Å²) >= 11 is 1.88. The normalized spacial score (nSPS) is 13.7. The summed E-state index contributed by atoms with van der Waals surface area (Å²) in [7, 11) is 0. The lowest BCUT2D eigenvalue weighted by molar-refractivity contribution is 0.722. The van der Waals surface area contributed by atoms with Gasteiger partial charge in [-0.15, -0.1) is 0 Å². The average molecular weight is 516 g/mol. The van der Waals surface area contributed by atoms with Gasteiger partial charge in [0.2, 0.25) is 0 Å². The molecule has 1 N–H and O–H groups in total. The maximum atomic E-state index is 3.69. The molecule has 2 heteroatoms. The second-order valence-electron chi connectivity index (χ2n) is 10.2. The monoisotopic (exact) mass is 515 g/mol. The Balaban J connectivity index is 1.28. The lowest BCUT2D eigenvalue weighted by Crippen LogP contribution is -2.31. The molecule has 0 unspecified atom stereocenters. The molecule has 2 aliphatic rings. The van der Waals surface area contributed by atoms with Crippen LogP contribution in [0.3, 0.4) is 0 Å². The molecule has 0 radical (unpaired) electrons. The predicted octanol–water partition coefficient (Wildman–Crippen LogP) is 9.92. The summed E-state index contributed by atoms with van der Waals surface area (Å²) in [5, 5.41) is 3.69. The Bertz CT molecular complexity index is 1830. The first-order valence-corrected chi connectivity index (χ1v) is 14.2. The minimum absolute atomic E-state index is 0.323. The Kier molecular flexibility index (Phi) is 5.04. The zero-order valence-corrected chi connectivity index (χ0v) is 22.1. The number of anilines is 2. The van der Waals surface area contributed by atoms with E-state index in [2.05, 4.69) is 151 Å². The molecule has 39 heavy (non-hydrogen) atoms. The molecular formula is C37H25NS. The Hall–Kier alpha value is -4.53. The molecule has 1 spiro atoms. The van der Waals surface area contributed by atoms with Gasteiger partial charge in [-0.3, -0.25) is 0 Å². The predicted molar refractivity (Wildman–Crippen MR) is 163 cm³/mol. The first kappa shape index (κ1) is 22.5. The summed E-state index contributed by atoms with van der Waals surface area (Å²) in [6.45, 7) is 0. The summed E-state index contributed by atoms with van der Waals surface area (Å²) in [4.78, 5) is 2.61. The van der Waals surface area contributed by atoms with Crippen molar-refractivity contribution in [2.75, 3.05) is 5.32 Å². The van der Waals surface area contributed by atoms with Crippen molar-refractivity contribution in [3.05, 3.63) is 168 Å². The fourth-order valence-corrected chi connectivity index (χ4v) is 7.74. The molecule has 1 aliphatic heterocycles. The summed E-state index contributed by atoms with van der Waals surface area (Å²) in [5.41, 5.74) is 12.4. The third-order valence-electron chi connectivity index (χ3n) is 8.11. The second-order valence-corrected chi connectivity index (χ2v) is 11.3. The minimum Gasteiger partial charge on any atom is -0.355 e. The molecule has 0 saturated heterocycles. The number of hydrogen-bond acceptors (Lipinski definition) is 2. The first-order chi connectivity index (χ1) is 19.3. The van der Waals surface area contributed by atoms with E-state index in [1.165, 1.54) is 54.3 Å². The van der Waals surface area contributed by atoms with Crippen LogP contribution in [0, 0.1) is 0 Å². The molecule has 1 heterocycles. The highest BCUT2D eigenvalue weighted by atomic mass is 32.2. The van der Waals surface area contributed by atoms with Crippen molar-refractivity contribution < 1.29 is 0 Å². The van der Waals surface area contributed by atoms with Gasteiger partial charge in [0, 0.05) is 21.2 Å². The standard InChI is InChI=1S/C37H25NS/c1-2-11-25(12-3-1)26-13-10-14-27(23-26)38-28-21-22-34-36(24-28)39-35-20-9-8-19-33(35)37(34)31-17-6-4-15-29(31)30-16-5-7-18-32(30)37/h1-24,38H. The van der Waals surface area contributed by atoms with Crippen LogP contribution < -0.4 is 5.32 Å². The van der Waals surface area contributed by atoms with Gasteiger partial charge in [0.05, 0.1) is 5.41 Å². The van der Waals surface area contributed by atoms with Crippen LogP contribution in [-0.4, -0.2) is 0 Å². The Morgan fingerprint density at radius 1 is 0.410 bits per heavy atom. The molecule has 0 amide bonds. The number of rotatable bonds is 3. The summed E-state index contributed by atoms with van der Waals surface area (Å²) in [6, 6.07) is 53.0. The van der Waals surface area contributed by atoms with Crippen molar-refractivity contribution in [1.29, 1.82) is 0 Å². The van der Waals surface area contributed by atoms with E-state index in [-0.39, 0.29) is 5.41 Å². The van der Waals surface area contributed by atoms with Gasteiger partial charge in [0.25, 0.3) is 0 Å². The van der Waals surface area contributed by atoms with Crippen molar-refractivity contribution in [2.45, 2.75) is 15.2 Å². The van der Waals surface area contributed by atoms with Crippen LogP contribution in [0.5, 0.6) is 0 Å². The van der Waals surface area contributed by atoms with Crippen LogP contribution in [0.25, 0.3) is 22.3 Å². The number of benzene rings is 6. The molecule has 6 aromatic carbocycles. The Labute approximate surface area is 233 Å². The van der Waals surface area contributed by atoms with E-state index in [1.807, 2.05) is 11.8 Å². The van der Waals surface area contributed by atoms with Gasteiger partial charge in [-0.25, -0.2) is 0 Å². The molecule has 0 fully saturated rings. The fraction of sp³-hybridized carbons (Fsp3) is 0.0270. The fourth-order valence-electron chi connectivity index (χ4n) is 6.51.